The summed E-state index contributed by atoms with van der Waals surface area (Å²) in [4.78, 5) is 9.92. The smallest absolute Gasteiger partial charge is 0.139 e. The van der Waals surface area contributed by atoms with Gasteiger partial charge in [-0.2, -0.15) is 0 Å². The van der Waals surface area contributed by atoms with Crippen molar-refractivity contribution in [3.63, 3.8) is 0 Å². The summed E-state index contributed by atoms with van der Waals surface area (Å²) in [7, 11) is 0. The fraction of sp³-hybridized carbons (Fsp3) is 0.167. The number of hydrogen-bond acceptors (Lipinski definition) is 3. The lowest BCUT2D eigenvalue weighted by Gasteiger charge is -1.93. The quantitative estimate of drug-likeness (QED) is 0.790. The molecule has 2 nitrogen and oxygen atoms in total. The maximum atomic E-state index is 9.92. The molecule has 1 aromatic heterocycles. The van der Waals surface area contributed by atoms with Crippen LogP contribution in [0.2, 0.25) is 0 Å². The molecular weight excluding hydrogens is 214 g/mol. The van der Waals surface area contributed by atoms with E-state index in [-0.39, 0.29) is 0 Å². The Morgan fingerprint density at radius 2 is 2.50 bits per heavy atom. The van der Waals surface area contributed by atoms with Crippen LogP contribution >= 0.6 is 27.3 Å². The molecule has 4 heteroatoms. The molecule has 0 bridgehead atoms. The lowest BCUT2D eigenvalue weighted by Crippen LogP contribution is -1.99. The molecule has 0 atom stereocenters. The molecule has 0 amide bonds. The third kappa shape index (κ3) is 2.11. The van der Waals surface area contributed by atoms with Gasteiger partial charge in [0.2, 0.25) is 0 Å². The fourth-order valence-electron chi connectivity index (χ4n) is 0.552. The highest BCUT2D eigenvalue weighted by atomic mass is 79.9. The topological polar surface area (TPSA) is 29.1 Å². The van der Waals surface area contributed by atoms with Crippen LogP contribution in [0, 0.1) is 0 Å². The predicted molar refractivity (Wildman–Crippen MR) is 46.6 cm³/mol. The van der Waals surface area contributed by atoms with Crippen molar-refractivity contribution in [3.05, 3.63) is 15.9 Å². The molecule has 0 spiro atoms. The first kappa shape index (κ1) is 7.75. The Balaban J connectivity index is 2.49. The van der Waals surface area contributed by atoms with Gasteiger partial charge in [0.1, 0.15) is 6.29 Å². The van der Waals surface area contributed by atoms with E-state index in [1.807, 2.05) is 12.1 Å². The van der Waals surface area contributed by atoms with Gasteiger partial charge in [0, 0.05) is 0 Å². The van der Waals surface area contributed by atoms with Crippen LogP contribution < -0.4 is 5.32 Å². The Hall–Kier alpha value is -0.350. The van der Waals surface area contributed by atoms with Gasteiger partial charge >= 0.3 is 0 Å². The van der Waals surface area contributed by atoms with Crippen LogP contribution in [-0.2, 0) is 4.79 Å². The predicted octanol–water partition coefficient (Wildman–Crippen LogP) is 2.12. The third-order valence-corrected chi connectivity index (χ3v) is 2.51. The zero-order valence-corrected chi connectivity index (χ0v) is 7.54. The van der Waals surface area contributed by atoms with Gasteiger partial charge in [-0.25, -0.2) is 0 Å². The summed E-state index contributed by atoms with van der Waals surface area (Å²) in [5.41, 5.74) is 0. The molecule has 0 unspecified atom stereocenters. The van der Waals surface area contributed by atoms with E-state index in [1.165, 1.54) is 0 Å². The number of carbonyl (C=O) groups is 1. The SMILES string of the molecule is O=CCNc1ccc(Br)s1. The van der Waals surface area contributed by atoms with Gasteiger partial charge in [-0.15, -0.1) is 11.3 Å². The van der Waals surface area contributed by atoms with E-state index in [0.717, 1.165) is 15.1 Å². The van der Waals surface area contributed by atoms with Crippen LogP contribution in [-0.4, -0.2) is 12.8 Å². The minimum Gasteiger partial charge on any atom is -0.370 e. The first-order valence-electron chi connectivity index (χ1n) is 2.76. The van der Waals surface area contributed by atoms with Crippen molar-refractivity contribution in [2.75, 3.05) is 11.9 Å². The maximum Gasteiger partial charge on any atom is 0.139 e. The molecule has 1 rings (SSSR count). The monoisotopic (exact) mass is 219 g/mol. The van der Waals surface area contributed by atoms with Gasteiger partial charge in [0.25, 0.3) is 0 Å². The average Bonchev–Trinajstić information content (AvgIpc) is 2.31. The molecule has 1 aromatic rings. The molecular formula is C6H6BrNOS. The largest absolute Gasteiger partial charge is 0.370 e. The number of thiophene rings is 1. The number of carbonyl (C=O) groups excluding carboxylic acids is 1. The van der Waals surface area contributed by atoms with Crippen LogP contribution in [0.15, 0.2) is 15.9 Å². The highest BCUT2D eigenvalue weighted by Gasteiger charge is 1.93. The van der Waals surface area contributed by atoms with Gasteiger partial charge in [-0.1, -0.05) is 0 Å². The summed E-state index contributed by atoms with van der Waals surface area (Å²) in [6.07, 6.45) is 0.841. The van der Waals surface area contributed by atoms with Crippen molar-refractivity contribution in [1.82, 2.24) is 0 Å². The second-order valence-electron chi connectivity index (χ2n) is 1.65. The molecule has 0 aliphatic rings. The summed E-state index contributed by atoms with van der Waals surface area (Å²) < 4.78 is 1.07. The normalized spacial score (nSPS) is 9.30. The van der Waals surface area contributed by atoms with Gasteiger partial charge in [-0.3, -0.25) is 0 Å². The Bertz CT molecular complexity index is 223. The van der Waals surface area contributed by atoms with E-state index in [1.54, 1.807) is 11.3 Å². The number of anilines is 1. The van der Waals surface area contributed by atoms with E-state index in [2.05, 4.69) is 21.2 Å². The summed E-state index contributed by atoms with van der Waals surface area (Å²) in [6, 6.07) is 3.87. The van der Waals surface area contributed by atoms with Crippen molar-refractivity contribution in [1.29, 1.82) is 0 Å². The number of rotatable bonds is 3. The van der Waals surface area contributed by atoms with Crippen molar-refractivity contribution in [2.45, 2.75) is 0 Å². The Morgan fingerprint density at radius 3 is 3.00 bits per heavy atom. The number of hydrogen-bond donors (Lipinski definition) is 1. The molecule has 1 heterocycles. The standard InChI is InChI=1S/C6H6BrNOS/c7-5-1-2-6(10-5)8-3-4-9/h1-2,4,8H,3H2. The van der Waals surface area contributed by atoms with Crippen LogP contribution in [0.1, 0.15) is 0 Å². The lowest BCUT2D eigenvalue weighted by atomic mass is 10.6. The molecule has 0 aliphatic carbocycles. The first-order chi connectivity index (χ1) is 4.83. The lowest BCUT2D eigenvalue weighted by molar-refractivity contribution is -0.106. The highest BCUT2D eigenvalue weighted by Crippen LogP contribution is 2.25. The number of aldehydes is 1. The molecule has 0 aromatic carbocycles. The fourth-order valence-corrected chi connectivity index (χ4v) is 1.84. The van der Waals surface area contributed by atoms with Crippen LogP contribution in [0.3, 0.4) is 0 Å². The minimum absolute atomic E-state index is 0.382. The second kappa shape index (κ2) is 3.73. The molecule has 0 saturated carbocycles. The number of nitrogens with one attached hydrogen (secondary N) is 1. The molecule has 54 valence electrons. The van der Waals surface area contributed by atoms with Gasteiger partial charge in [0.05, 0.1) is 15.3 Å². The first-order valence-corrected chi connectivity index (χ1v) is 4.36. The summed E-state index contributed by atoms with van der Waals surface area (Å²) in [6.45, 7) is 0.382. The molecule has 0 aliphatic heterocycles. The van der Waals surface area contributed by atoms with E-state index in [4.69, 9.17) is 0 Å². The number of halogens is 1. The van der Waals surface area contributed by atoms with E-state index in [9.17, 15) is 4.79 Å². The van der Waals surface area contributed by atoms with E-state index in [0.29, 0.717) is 6.54 Å². The van der Waals surface area contributed by atoms with Gasteiger partial charge < -0.3 is 10.1 Å². The Labute approximate surface area is 71.4 Å². The zero-order valence-electron chi connectivity index (χ0n) is 5.13. The van der Waals surface area contributed by atoms with Gasteiger partial charge in [0.15, 0.2) is 0 Å². The minimum atomic E-state index is 0.382. The second-order valence-corrected chi connectivity index (χ2v) is 4.11. The summed E-state index contributed by atoms with van der Waals surface area (Å²) >= 11 is 4.89. The molecule has 0 radical (unpaired) electrons. The van der Waals surface area contributed by atoms with Crippen LogP contribution in [0.5, 0.6) is 0 Å². The molecule has 0 saturated heterocycles. The Kier molecular flexibility index (Phi) is 2.89. The van der Waals surface area contributed by atoms with Crippen molar-refractivity contribution >= 4 is 38.6 Å². The van der Waals surface area contributed by atoms with Gasteiger partial charge in [-0.05, 0) is 28.1 Å². The zero-order chi connectivity index (χ0) is 7.40. The Morgan fingerprint density at radius 1 is 1.70 bits per heavy atom. The maximum absolute atomic E-state index is 9.92. The summed E-state index contributed by atoms with van der Waals surface area (Å²) in [5.74, 6) is 0. The van der Waals surface area contributed by atoms with Crippen molar-refractivity contribution < 1.29 is 4.79 Å². The van der Waals surface area contributed by atoms with E-state index >= 15 is 0 Å². The molecule has 0 fully saturated rings. The van der Waals surface area contributed by atoms with E-state index < -0.39 is 0 Å². The molecule has 1 N–H and O–H groups in total. The average molecular weight is 220 g/mol. The highest BCUT2D eigenvalue weighted by molar-refractivity contribution is 9.11. The molecule has 10 heavy (non-hydrogen) atoms. The van der Waals surface area contributed by atoms with Crippen molar-refractivity contribution in [2.24, 2.45) is 0 Å². The summed E-state index contributed by atoms with van der Waals surface area (Å²) in [5, 5.41) is 3.95. The van der Waals surface area contributed by atoms with Crippen molar-refractivity contribution in [3.8, 4) is 0 Å². The third-order valence-electron chi connectivity index (χ3n) is 0.933. The van der Waals surface area contributed by atoms with Crippen LogP contribution in [0.25, 0.3) is 0 Å². The van der Waals surface area contributed by atoms with Crippen LogP contribution in [0.4, 0.5) is 5.00 Å².